The second-order valence-electron chi connectivity index (χ2n) is 5.42. The van der Waals surface area contributed by atoms with Crippen LogP contribution < -0.4 is 4.74 Å². The lowest BCUT2D eigenvalue weighted by molar-refractivity contribution is 0.0500. The fraction of sp³-hybridized carbons (Fsp3) is 0.421. The third kappa shape index (κ3) is 4.48. The molecule has 2 rings (SSSR count). The molecule has 0 aliphatic carbocycles. The summed E-state index contributed by atoms with van der Waals surface area (Å²) >= 11 is 0. The van der Waals surface area contributed by atoms with Crippen LogP contribution in [0.2, 0.25) is 0 Å². The van der Waals surface area contributed by atoms with Crippen LogP contribution >= 0.6 is 0 Å². The fourth-order valence-corrected chi connectivity index (χ4v) is 2.17. The summed E-state index contributed by atoms with van der Waals surface area (Å²) in [7, 11) is 0. The van der Waals surface area contributed by atoms with Crippen molar-refractivity contribution in [2.45, 2.75) is 39.5 Å². The molecule has 118 valence electrons. The first-order valence-electron chi connectivity index (χ1n) is 8.08. The molecule has 0 saturated heterocycles. The van der Waals surface area contributed by atoms with Crippen LogP contribution in [0.15, 0.2) is 36.4 Å². The SMILES string of the molecule is CCCCOC(=O)c1ccc2cc(OCCCC)ccc2c1. The largest absolute Gasteiger partial charge is 0.494 e. The molecule has 0 unspecified atom stereocenters. The van der Waals surface area contributed by atoms with Crippen LogP contribution in [0.4, 0.5) is 0 Å². The topological polar surface area (TPSA) is 35.5 Å². The van der Waals surface area contributed by atoms with E-state index in [4.69, 9.17) is 9.47 Å². The molecule has 0 radical (unpaired) electrons. The first-order chi connectivity index (χ1) is 10.7. The number of benzene rings is 2. The van der Waals surface area contributed by atoms with Gasteiger partial charge in [-0.3, -0.25) is 0 Å². The summed E-state index contributed by atoms with van der Waals surface area (Å²) in [6, 6.07) is 11.6. The van der Waals surface area contributed by atoms with Gasteiger partial charge in [0.1, 0.15) is 5.75 Å². The number of carbonyl (C=O) groups excluding carboxylic acids is 1. The first kappa shape index (κ1) is 16.3. The lowest BCUT2D eigenvalue weighted by Gasteiger charge is -2.08. The molecule has 0 N–H and O–H groups in total. The third-order valence-electron chi connectivity index (χ3n) is 3.55. The number of carbonyl (C=O) groups is 1. The summed E-state index contributed by atoms with van der Waals surface area (Å²) in [5.41, 5.74) is 0.600. The quantitative estimate of drug-likeness (QED) is 0.509. The Balaban J connectivity index is 2.07. The van der Waals surface area contributed by atoms with Crippen LogP contribution in [-0.2, 0) is 4.74 Å². The Bertz CT molecular complexity index is 619. The van der Waals surface area contributed by atoms with Gasteiger partial charge in [0.05, 0.1) is 18.8 Å². The van der Waals surface area contributed by atoms with Gasteiger partial charge in [-0.25, -0.2) is 4.79 Å². The summed E-state index contributed by atoms with van der Waals surface area (Å²) in [6.45, 7) is 5.44. The summed E-state index contributed by atoms with van der Waals surface area (Å²) in [6.07, 6.45) is 4.10. The minimum Gasteiger partial charge on any atom is -0.494 e. The summed E-state index contributed by atoms with van der Waals surface area (Å²) < 4.78 is 10.9. The molecule has 3 heteroatoms. The van der Waals surface area contributed by atoms with E-state index in [9.17, 15) is 4.79 Å². The number of hydrogen-bond donors (Lipinski definition) is 0. The van der Waals surface area contributed by atoms with E-state index >= 15 is 0 Å². The Hall–Kier alpha value is -2.03. The second-order valence-corrected chi connectivity index (χ2v) is 5.42. The van der Waals surface area contributed by atoms with Gasteiger partial charge in [-0.1, -0.05) is 38.8 Å². The van der Waals surface area contributed by atoms with Gasteiger partial charge in [-0.15, -0.1) is 0 Å². The van der Waals surface area contributed by atoms with Crippen molar-refractivity contribution in [2.24, 2.45) is 0 Å². The lowest BCUT2D eigenvalue weighted by Crippen LogP contribution is -2.06. The van der Waals surface area contributed by atoms with E-state index in [1.165, 1.54) is 0 Å². The molecule has 0 aliphatic rings. The normalized spacial score (nSPS) is 10.6. The number of ether oxygens (including phenoxy) is 2. The van der Waals surface area contributed by atoms with Crippen LogP contribution in [0.1, 0.15) is 49.9 Å². The summed E-state index contributed by atoms with van der Waals surface area (Å²) in [5, 5.41) is 2.09. The van der Waals surface area contributed by atoms with Crippen molar-refractivity contribution in [2.75, 3.05) is 13.2 Å². The van der Waals surface area contributed by atoms with Crippen LogP contribution in [0, 0.1) is 0 Å². The summed E-state index contributed by atoms with van der Waals surface area (Å²) in [4.78, 5) is 12.0. The van der Waals surface area contributed by atoms with Crippen molar-refractivity contribution in [3.63, 3.8) is 0 Å². The predicted molar refractivity (Wildman–Crippen MR) is 89.5 cm³/mol. The highest BCUT2D eigenvalue weighted by molar-refractivity contribution is 5.95. The molecule has 0 heterocycles. The molecule has 0 bridgehead atoms. The maximum atomic E-state index is 12.0. The smallest absolute Gasteiger partial charge is 0.338 e. The monoisotopic (exact) mass is 300 g/mol. The van der Waals surface area contributed by atoms with E-state index < -0.39 is 0 Å². The van der Waals surface area contributed by atoms with Crippen molar-refractivity contribution < 1.29 is 14.3 Å². The van der Waals surface area contributed by atoms with Crippen LogP contribution in [-0.4, -0.2) is 19.2 Å². The molecule has 22 heavy (non-hydrogen) atoms. The predicted octanol–water partition coefficient (Wildman–Crippen LogP) is 4.98. The highest BCUT2D eigenvalue weighted by Gasteiger charge is 2.08. The van der Waals surface area contributed by atoms with Crippen molar-refractivity contribution in [3.8, 4) is 5.75 Å². The molecule has 2 aromatic carbocycles. The Labute approximate surface area is 132 Å². The average molecular weight is 300 g/mol. The lowest BCUT2D eigenvalue weighted by atomic mass is 10.1. The standard InChI is InChI=1S/C19H24O3/c1-3-5-11-21-18-10-9-15-13-17(8-7-16(15)14-18)19(20)22-12-6-4-2/h7-10,13-14H,3-6,11-12H2,1-2H3. The van der Waals surface area contributed by atoms with Crippen molar-refractivity contribution in [1.29, 1.82) is 0 Å². The van der Waals surface area contributed by atoms with Gasteiger partial charge in [0.25, 0.3) is 0 Å². The van der Waals surface area contributed by atoms with E-state index in [1.807, 2.05) is 36.4 Å². The zero-order valence-electron chi connectivity index (χ0n) is 13.4. The zero-order valence-corrected chi connectivity index (χ0v) is 13.4. The Morgan fingerprint density at radius 2 is 1.59 bits per heavy atom. The van der Waals surface area contributed by atoms with Gasteiger partial charge in [-0.05, 0) is 47.9 Å². The summed E-state index contributed by atoms with van der Waals surface area (Å²) in [5.74, 6) is 0.623. The molecule has 2 aromatic rings. The Morgan fingerprint density at radius 1 is 0.909 bits per heavy atom. The van der Waals surface area contributed by atoms with E-state index in [2.05, 4.69) is 13.8 Å². The van der Waals surface area contributed by atoms with E-state index in [0.29, 0.717) is 12.2 Å². The minimum absolute atomic E-state index is 0.251. The molecule has 0 saturated carbocycles. The van der Waals surface area contributed by atoms with Crippen LogP contribution in [0.25, 0.3) is 10.8 Å². The van der Waals surface area contributed by atoms with E-state index in [0.717, 1.165) is 48.8 Å². The van der Waals surface area contributed by atoms with Crippen molar-refractivity contribution in [3.05, 3.63) is 42.0 Å². The molecular weight excluding hydrogens is 276 g/mol. The zero-order chi connectivity index (χ0) is 15.8. The van der Waals surface area contributed by atoms with E-state index in [1.54, 1.807) is 0 Å². The van der Waals surface area contributed by atoms with Gasteiger partial charge in [-0.2, -0.15) is 0 Å². The molecular formula is C19H24O3. The Kier molecular flexibility index (Phi) is 6.26. The number of hydrogen-bond acceptors (Lipinski definition) is 3. The molecule has 0 spiro atoms. The van der Waals surface area contributed by atoms with E-state index in [-0.39, 0.29) is 5.97 Å². The maximum absolute atomic E-state index is 12.0. The highest BCUT2D eigenvalue weighted by atomic mass is 16.5. The maximum Gasteiger partial charge on any atom is 0.338 e. The van der Waals surface area contributed by atoms with Crippen LogP contribution in [0.5, 0.6) is 5.75 Å². The van der Waals surface area contributed by atoms with Gasteiger partial charge in [0.2, 0.25) is 0 Å². The molecule has 3 nitrogen and oxygen atoms in total. The molecule has 0 aromatic heterocycles. The molecule has 0 aliphatic heterocycles. The highest BCUT2D eigenvalue weighted by Crippen LogP contribution is 2.22. The third-order valence-corrected chi connectivity index (χ3v) is 3.55. The average Bonchev–Trinajstić information content (AvgIpc) is 2.54. The molecule has 0 fully saturated rings. The van der Waals surface area contributed by atoms with Gasteiger partial charge < -0.3 is 9.47 Å². The fourth-order valence-electron chi connectivity index (χ4n) is 2.17. The molecule has 0 atom stereocenters. The van der Waals surface area contributed by atoms with Crippen molar-refractivity contribution in [1.82, 2.24) is 0 Å². The van der Waals surface area contributed by atoms with Crippen LogP contribution in [0.3, 0.4) is 0 Å². The number of rotatable bonds is 8. The number of unbranched alkanes of at least 4 members (excludes halogenated alkanes) is 2. The van der Waals surface area contributed by atoms with Gasteiger partial charge in [0.15, 0.2) is 0 Å². The van der Waals surface area contributed by atoms with Gasteiger partial charge in [0, 0.05) is 0 Å². The minimum atomic E-state index is -0.251. The molecule has 0 amide bonds. The Morgan fingerprint density at radius 3 is 2.36 bits per heavy atom. The number of esters is 1. The second kappa shape index (κ2) is 8.42. The first-order valence-corrected chi connectivity index (χ1v) is 8.08. The van der Waals surface area contributed by atoms with Gasteiger partial charge >= 0.3 is 5.97 Å². The number of fused-ring (bicyclic) bond motifs is 1. The van der Waals surface area contributed by atoms with Crippen molar-refractivity contribution >= 4 is 16.7 Å².